The Bertz CT molecular complexity index is 736. The van der Waals surface area contributed by atoms with Gasteiger partial charge in [-0.15, -0.1) is 0 Å². The first-order chi connectivity index (χ1) is 13.9. The number of carboxylic acid groups (broad SMARTS) is 1. The van der Waals surface area contributed by atoms with Crippen molar-refractivity contribution < 1.29 is 37.1 Å². The number of hydrogen-bond acceptors (Lipinski definition) is 6. The Morgan fingerprint density at radius 3 is 2.23 bits per heavy atom. The summed E-state index contributed by atoms with van der Waals surface area (Å²) in [4.78, 5) is 25.8. The monoisotopic (exact) mass is 435 g/mol. The van der Waals surface area contributed by atoms with Crippen molar-refractivity contribution in [1.82, 2.24) is 15.0 Å². The summed E-state index contributed by atoms with van der Waals surface area (Å²) in [5, 5.41) is 11.0. The average Bonchev–Trinajstić information content (AvgIpc) is 3.00. The van der Waals surface area contributed by atoms with E-state index in [4.69, 9.17) is 19.2 Å². The van der Waals surface area contributed by atoms with Gasteiger partial charge in [-0.05, 0) is 53.6 Å². The van der Waals surface area contributed by atoms with E-state index in [1.54, 1.807) is 6.92 Å². The summed E-state index contributed by atoms with van der Waals surface area (Å²) < 4.78 is 43.0. The van der Waals surface area contributed by atoms with Crippen LogP contribution in [0.4, 0.5) is 13.2 Å². The van der Waals surface area contributed by atoms with E-state index in [-0.39, 0.29) is 11.5 Å². The van der Waals surface area contributed by atoms with Crippen molar-refractivity contribution in [2.45, 2.75) is 57.3 Å². The van der Waals surface area contributed by atoms with Crippen LogP contribution in [0.15, 0.2) is 4.52 Å². The molecule has 2 fully saturated rings. The van der Waals surface area contributed by atoms with Crippen molar-refractivity contribution in [3.63, 3.8) is 0 Å². The molecule has 0 bridgehead atoms. The van der Waals surface area contributed by atoms with Gasteiger partial charge in [0.2, 0.25) is 0 Å². The predicted octanol–water partition coefficient (Wildman–Crippen LogP) is 2.64. The second-order valence-corrected chi connectivity index (χ2v) is 7.94. The topological polar surface area (TPSA) is 96.1 Å². The molecule has 0 radical (unpaired) electrons. The molecule has 1 amide bonds. The smallest absolute Gasteiger partial charge is 0.475 e. The zero-order valence-electron chi connectivity index (χ0n) is 17.6. The van der Waals surface area contributed by atoms with Crippen molar-refractivity contribution in [3.05, 3.63) is 17.0 Å². The number of nitrogens with zero attached hydrogens (tertiary/aromatic N) is 3. The quantitative estimate of drug-likeness (QED) is 0.763. The van der Waals surface area contributed by atoms with Crippen LogP contribution in [0, 0.1) is 13.8 Å². The molecule has 30 heavy (non-hydrogen) atoms. The second-order valence-electron chi connectivity index (χ2n) is 7.94. The second kappa shape index (κ2) is 9.34. The summed E-state index contributed by atoms with van der Waals surface area (Å²) in [6.45, 7) is 5.92. The van der Waals surface area contributed by atoms with Crippen LogP contribution in [0.5, 0.6) is 0 Å². The molecule has 11 heteroatoms. The van der Waals surface area contributed by atoms with E-state index in [1.807, 2.05) is 11.8 Å². The number of carbonyl (C=O) groups is 2. The number of ether oxygens (including phenoxy) is 1. The van der Waals surface area contributed by atoms with Crippen molar-refractivity contribution >= 4 is 11.9 Å². The van der Waals surface area contributed by atoms with E-state index in [0.29, 0.717) is 23.1 Å². The van der Waals surface area contributed by atoms with Gasteiger partial charge in [-0.1, -0.05) is 5.16 Å². The normalized spacial score (nSPS) is 21.3. The molecule has 8 nitrogen and oxygen atoms in total. The number of aryl methyl sites for hydroxylation is 2. The number of hydrogen-bond donors (Lipinski definition) is 1. The number of aromatic nitrogens is 1. The zero-order valence-corrected chi connectivity index (χ0v) is 17.6. The van der Waals surface area contributed by atoms with Crippen LogP contribution >= 0.6 is 0 Å². The van der Waals surface area contributed by atoms with Crippen LogP contribution in [-0.2, 0) is 9.53 Å². The first-order valence-corrected chi connectivity index (χ1v) is 9.69. The molecular formula is C19H28F3N3O5. The van der Waals surface area contributed by atoms with Gasteiger partial charge in [-0.25, -0.2) is 4.79 Å². The molecule has 1 N–H and O–H groups in total. The Morgan fingerprint density at radius 2 is 1.80 bits per heavy atom. The van der Waals surface area contributed by atoms with Crippen molar-refractivity contribution in [2.75, 3.05) is 33.8 Å². The lowest BCUT2D eigenvalue weighted by molar-refractivity contribution is -0.192. The van der Waals surface area contributed by atoms with Gasteiger partial charge in [-0.2, -0.15) is 13.2 Å². The highest BCUT2D eigenvalue weighted by molar-refractivity contribution is 5.96. The molecule has 0 saturated carbocycles. The fourth-order valence-corrected chi connectivity index (χ4v) is 3.85. The average molecular weight is 435 g/mol. The largest absolute Gasteiger partial charge is 0.490 e. The Morgan fingerprint density at radius 1 is 1.23 bits per heavy atom. The van der Waals surface area contributed by atoms with Gasteiger partial charge >= 0.3 is 12.1 Å². The van der Waals surface area contributed by atoms with E-state index in [1.165, 1.54) is 0 Å². The molecular weight excluding hydrogens is 407 g/mol. The number of piperidine rings is 1. The number of aliphatic carboxylic acids is 1. The SMILES string of the molecule is Cc1noc(C)c1C(=O)N1CCC2(CC1)CC(N(C)C)CCO2.O=C(O)C(F)(F)F. The van der Waals surface area contributed by atoms with Gasteiger partial charge in [0.25, 0.3) is 5.91 Å². The number of rotatable bonds is 2. The maximum atomic E-state index is 12.7. The fourth-order valence-electron chi connectivity index (χ4n) is 3.85. The molecule has 2 aliphatic rings. The highest BCUT2D eigenvalue weighted by Gasteiger charge is 2.42. The summed E-state index contributed by atoms with van der Waals surface area (Å²) in [5.41, 5.74) is 1.24. The molecule has 0 aromatic carbocycles. The molecule has 1 aromatic heterocycles. The highest BCUT2D eigenvalue weighted by Crippen LogP contribution is 2.36. The minimum atomic E-state index is -5.08. The van der Waals surface area contributed by atoms with Crippen LogP contribution in [0.1, 0.15) is 47.5 Å². The highest BCUT2D eigenvalue weighted by atomic mass is 19.4. The van der Waals surface area contributed by atoms with Crippen LogP contribution in [-0.4, -0.2) is 83.6 Å². The van der Waals surface area contributed by atoms with E-state index in [9.17, 15) is 18.0 Å². The molecule has 1 aromatic rings. The lowest BCUT2D eigenvalue weighted by Crippen LogP contribution is -2.53. The third-order valence-electron chi connectivity index (χ3n) is 5.65. The molecule has 0 aliphatic carbocycles. The Labute approximate surface area is 172 Å². The lowest BCUT2D eigenvalue weighted by Gasteiger charge is -2.47. The van der Waals surface area contributed by atoms with Crippen LogP contribution in [0.25, 0.3) is 0 Å². The number of carbonyl (C=O) groups excluding carboxylic acids is 1. The first-order valence-electron chi connectivity index (χ1n) is 9.69. The summed E-state index contributed by atoms with van der Waals surface area (Å²) in [6, 6.07) is 0.577. The van der Waals surface area contributed by atoms with Crippen LogP contribution < -0.4 is 0 Å². The number of likely N-dealkylation sites (tertiary alicyclic amines) is 1. The number of amides is 1. The summed E-state index contributed by atoms with van der Waals surface area (Å²) >= 11 is 0. The first kappa shape index (κ1) is 24.1. The Hall–Kier alpha value is -2.14. The van der Waals surface area contributed by atoms with E-state index < -0.39 is 12.1 Å². The van der Waals surface area contributed by atoms with E-state index >= 15 is 0 Å². The third kappa shape index (κ3) is 5.72. The minimum Gasteiger partial charge on any atom is -0.475 e. The molecule has 1 spiro atoms. The molecule has 1 unspecified atom stereocenters. The Kier molecular flexibility index (Phi) is 7.51. The van der Waals surface area contributed by atoms with Gasteiger partial charge < -0.3 is 24.2 Å². The van der Waals surface area contributed by atoms with Gasteiger partial charge in [0.15, 0.2) is 0 Å². The van der Waals surface area contributed by atoms with E-state index in [2.05, 4.69) is 24.2 Å². The standard InChI is InChI=1S/C17H27N3O3.C2HF3O2/c1-12-15(13(2)23-18-12)16(21)20-8-6-17(7-9-20)11-14(19(3)4)5-10-22-17;3-2(4,5)1(6)7/h14H,5-11H2,1-4H3;(H,6,7). The number of alkyl halides is 3. The number of carboxylic acids is 1. The molecule has 2 saturated heterocycles. The summed E-state index contributed by atoms with van der Waals surface area (Å²) in [6.07, 6.45) is -1.11. The zero-order chi connectivity index (χ0) is 22.7. The third-order valence-corrected chi connectivity index (χ3v) is 5.65. The van der Waals surface area contributed by atoms with Gasteiger partial charge in [0.05, 0.1) is 11.3 Å². The van der Waals surface area contributed by atoms with Crippen LogP contribution in [0.3, 0.4) is 0 Å². The predicted molar refractivity (Wildman–Crippen MR) is 100 cm³/mol. The van der Waals surface area contributed by atoms with E-state index in [0.717, 1.165) is 45.4 Å². The summed E-state index contributed by atoms with van der Waals surface area (Å²) in [7, 11) is 4.28. The van der Waals surface area contributed by atoms with Crippen molar-refractivity contribution in [3.8, 4) is 0 Å². The number of halogens is 3. The minimum absolute atomic E-state index is 0.0380. The molecule has 3 rings (SSSR count). The van der Waals surface area contributed by atoms with Crippen molar-refractivity contribution in [2.24, 2.45) is 0 Å². The molecule has 1 atom stereocenters. The molecule has 3 heterocycles. The summed E-state index contributed by atoms with van der Waals surface area (Å²) in [5.74, 6) is -2.11. The van der Waals surface area contributed by atoms with Crippen LogP contribution in [0.2, 0.25) is 0 Å². The van der Waals surface area contributed by atoms with Gasteiger partial charge in [0.1, 0.15) is 11.3 Å². The Balaban J connectivity index is 0.000000396. The fraction of sp³-hybridized carbons (Fsp3) is 0.737. The van der Waals surface area contributed by atoms with Crippen molar-refractivity contribution in [1.29, 1.82) is 0 Å². The maximum Gasteiger partial charge on any atom is 0.490 e. The molecule has 170 valence electrons. The van der Waals surface area contributed by atoms with Gasteiger partial charge in [0, 0.05) is 25.7 Å². The lowest BCUT2D eigenvalue weighted by atomic mass is 9.82. The molecule has 2 aliphatic heterocycles. The van der Waals surface area contributed by atoms with Gasteiger partial charge in [-0.3, -0.25) is 4.79 Å². The maximum absolute atomic E-state index is 12.7.